The average Bonchev–Trinajstić information content (AvgIpc) is 2.84. The van der Waals surface area contributed by atoms with E-state index in [1.54, 1.807) is 6.20 Å². The van der Waals surface area contributed by atoms with Gasteiger partial charge in [-0.2, -0.15) is 4.98 Å². The van der Waals surface area contributed by atoms with Crippen LogP contribution in [0.3, 0.4) is 0 Å². The lowest BCUT2D eigenvalue weighted by Gasteiger charge is -2.21. The molecule has 5 nitrogen and oxygen atoms in total. The number of hydrogen-bond donors (Lipinski definition) is 0. The van der Waals surface area contributed by atoms with Gasteiger partial charge >= 0.3 is 6.09 Å². The lowest BCUT2D eigenvalue weighted by molar-refractivity contribution is 0.0546. The number of ether oxygens (including phenoxy) is 1. The molecule has 124 valence electrons. The fraction of sp³-hybridized carbons (Fsp3) is 0.278. The molecule has 0 unspecified atom stereocenters. The summed E-state index contributed by atoms with van der Waals surface area (Å²) in [5.41, 5.74) is 2.49. The molecule has 6 heteroatoms. The van der Waals surface area contributed by atoms with E-state index in [0.717, 1.165) is 16.5 Å². The highest BCUT2D eigenvalue weighted by Crippen LogP contribution is 2.30. The molecule has 0 atom stereocenters. The number of rotatable bonds is 1. The number of nitrogens with zero attached hydrogens (tertiary/aromatic N) is 3. The van der Waals surface area contributed by atoms with Gasteiger partial charge in [0, 0.05) is 17.1 Å². The Kier molecular flexibility index (Phi) is 4.05. The molecule has 0 fully saturated rings. The Morgan fingerprint density at radius 1 is 1.25 bits per heavy atom. The maximum Gasteiger partial charge on any atom is 0.420 e. The molecule has 2 heterocycles. The van der Waals surface area contributed by atoms with Crippen LogP contribution in [-0.2, 0) is 4.74 Å². The van der Waals surface area contributed by atoms with Crippen molar-refractivity contribution >= 4 is 28.7 Å². The van der Waals surface area contributed by atoms with Crippen molar-refractivity contribution in [3.63, 3.8) is 0 Å². The van der Waals surface area contributed by atoms with Gasteiger partial charge in [0.25, 0.3) is 0 Å². The van der Waals surface area contributed by atoms with Gasteiger partial charge < -0.3 is 4.74 Å². The van der Waals surface area contributed by atoms with Crippen molar-refractivity contribution in [2.45, 2.75) is 33.3 Å². The molecule has 0 saturated heterocycles. The Morgan fingerprint density at radius 2 is 1.96 bits per heavy atom. The smallest absolute Gasteiger partial charge is 0.420 e. The normalized spacial score (nSPS) is 11.7. The number of aromatic nitrogens is 3. The van der Waals surface area contributed by atoms with Crippen molar-refractivity contribution in [3.8, 4) is 11.3 Å². The molecule has 24 heavy (non-hydrogen) atoms. The minimum atomic E-state index is -0.618. The van der Waals surface area contributed by atoms with Crippen LogP contribution in [-0.4, -0.2) is 26.2 Å². The highest BCUT2D eigenvalue weighted by Gasteiger charge is 2.24. The fourth-order valence-corrected chi connectivity index (χ4v) is 2.65. The third-order valence-corrected chi connectivity index (χ3v) is 3.69. The topological polar surface area (TPSA) is 57.0 Å². The van der Waals surface area contributed by atoms with Gasteiger partial charge in [-0.3, -0.25) is 0 Å². The first-order valence-electron chi connectivity index (χ1n) is 7.59. The van der Waals surface area contributed by atoms with Gasteiger partial charge in [0.1, 0.15) is 5.60 Å². The third-order valence-electron chi connectivity index (χ3n) is 3.51. The van der Waals surface area contributed by atoms with Crippen LogP contribution in [0.15, 0.2) is 36.5 Å². The van der Waals surface area contributed by atoms with Gasteiger partial charge in [-0.15, -0.1) is 0 Å². The maximum atomic E-state index is 12.8. The Balaban J connectivity index is 2.27. The summed E-state index contributed by atoms with van der Waals surface area (Å²) < 4.78 is 7.01. The van der Waals surface area contributed by atoms with E-state index < -0.39 is 11.7 Å². The first kappa shape index (κ1) is 16.5. The zero-order chi connectivity index (χ0) is 17.5. The van der Waals surface area contributed by atoms with Crippen LogP contribution >= 0.6 is 11.6 Å². The van der Waals surface area contributed by atoms with Crippen molar-refractivity contribution in [2.75, 3.05) is 0 Å². The quantitative estimate of drug-likeness (QED) is 0.593. The molecule has 0 amide bonds. The standard InChI is InChI=1S/C18H18ClN3O2/c1-11-7-5-6-8-13(11)14-9-12-10-20-16(19)21-15(12)22(14)17(23)24-18(2,3)4/h5-10H,1-4H3. The van der Waals surface area contributed by atoms with Crippen molar-refractivity contribution in [1.29, 1.82) is 0 Å². The average molecular weight is 344 g/mol. The van der Waals surface area contributed by atoms with E-state index in [1.807, 2.05) is 58.0 Å². The van der Waals surface area contributed by atoms with Crippen molar-refractivity contribution in [1.82, 2.24) is 14.5 Å². The van der Waals surface area contributed by atoms with Crippen LogP contribution in [0.1, 0.15) is 26.3 Å². The van der Waals surface area contributed by atoms with Crippen LogP contribution in [0, 0.1) is 6.92 Å². The summed E-state index contributed by atoms with van der Waals surface area (Å²) in [7, 11) is 0. The summed E-state index contributed by atoms with van der Waals surface area (Å²) in [6.45, 7) is 7.47. The van der Waals surface area contributed by atoms with E-state index in [9.17, 15) is 4.79 Å². The minimum Gasteiger partial charge on any atom is -0.443 e. The molecular weight excluding hydrogens is 326 g/mol. The molecule has 0 aliphatic heterocycles. The number of halogens is 1. The molecule has 0 N–H and O–H groups in total. The van der Waals surface area contributed by atoms with E-state index >= 15 is 0 Å². The summed E-state index contributed by atoms with van der Waals surface area (Å²) in [4.78, 5) is 21.0. The Morgan fingerprint density at radius 3 is 2.62 bits per heavy atom. The molecule has 2 aromatic heterocycles. The molecule has 0 aliphatic rings. The zero-order valence-corrected chi connectivity index (χ0v) is 14.8. The molecule has 1 aromatic carbocycles. The van der Waals surface area contributed by atoms with E-state index in [4.69, 9.17) is 16.3 Å². The van der Waals surface area contributed by atoms with Crippen LogP contribution in [0.2, 0.25) is 5.28 Å². The zero-order valence-electron chi connectivity index (χ0n) is 14.0. The van der Waals surface area contributed by atoms with Gasteiger partial charge in [0.15, 0.2) is 5.65 Å². The van der Waals surface area contributed by atoms with Crippen LogP contribution in [0.4, 0.5) is 4.79 Å². The van der Waals surface area contributed by atoms with Crippen LogP contribution in [0.5, 0.6) is 0 Å². The first-order chi connectivity index (χ1) is 11.3. The summed E-state index contributed by atoms with van der Waals surface area (Å²) >= 11 is 5.93. The molecule has 0 bridgehead atoms. The lowest BCUT2D eigenvalue weighted by atomic mass is 10.1. The predicted octanol–water partition coefficient (Wildman–Crippen LogP) is 4.84. The number of aryl methyl sites for hydroxylation is 1. The van der Waals surface area contributed by atoms with Crippen molar-refractivity contribution in [2.24, 2.45) is 0 Å². The second-order valence-corrected chi connectivity index (χ2v) is 6.92. The third kappa shape index (κ3) is 3.12. The number of hydrogen-bond acceptors (Lipinski definition) is 4. The van der Waals surface area contributed by atoms with E-state index in [1.165, 1.54) is 4.57 Å². The second-order valence-electron chi connectivity index (χ2n) is 6.58. The summed E-state index contributed by atoms with van der Waals surface area (Å²) in [5.74, 6) is 0. The van der Waals surface area contributed by atoms with Crippen molar-refractivity contribution in [3.05, 3.63) is 47.4 Å². The summed E-state index contributed by atoms with van der Waals surface area (Å²) in [6.07, 6.45) is 1.11. The molecule has 3 rings (SSSR count). The Hall–Kier alpha value is -2.40. The Labute approximate surface area is 145 Å². The molecule has 0 aliphatic carbocycles. The summed E-state index contributed by atoms with van der Waals surface area (Å²) in [6, 6.07) is 9.70. The van der Waals surface area contributed by atoms with E-state index in [-0.39, 0.29) is 5.28 Å². The second kappa shape index (κ2) is 5.91. The molecule has 0 saturated carbocycles. The van der Waals surface area contributed by atoms with E-state index in [2.05, 4.69) is 9.97 Å². The van der Waals surface area contributed by atoms with Gasteiger partial charge in [-0.25, -0.2) is 14.3 Å². The highest BCUT2D eigenvalue weighted by atomic mass is 35.5. The molecule has 0 spiro atoms. The lowest BCUT2D eigenvalue weighted by Crippen LogP contribution is -2.27. The fourth-order valence-electron chi connectivity index (χ4n) is 2.52. The van der Waals surface area contributed by atoms with Gasteiger partial charge in [-0.05, 0) is 50.9 Å². The number of carbonyl (C=O) groups excluding carboxylic acids is 1. The molecule has 0 radical (unpaired) electrons. The van der Waals surface area contributed by atoms with Gasteiger partial charge in [0.2, 0.25) is 5.28 Å². The molecule has 3 aromatic rings. The largest absolute Gasteiger partial charge is 0.443 e. The van der Waals surface area contributed by atoms with E-state index in [0.29, 0.717) is 11.3 Å². The number of fused-ring (bicyclic) bond motifs is 1. The van der Waals surface area contributed by atoms with Gasteiger partial charge in [-0.1, -0.05) is 24.3 Å². The minimum absolute atomic E-state index is 0.0849. The molecular formula is C18H18ClN3O2. The van der Waals surface area contributed by atoms with Crippen molar-refractivity contribution < 1.29 is 9.53 Å². The summed E-state index contributed by atoms with van der Waals surface area (Å²) in [5, 5.41) is 0.810. The maximum absolute atomic E-state index is 12.8. The number of benzene rings is 1. The van der Waals surface area contributed by atoms with Crippen LogP contribution in [0.25, 0.3) is 22.3 Å². The van der Waals surface area contributed by atoms with Gasteiger partial charge in [0.05, 0.1) is 5.69 Å². The van der Waals surface area contributed by atoms with Crippen LogP contribution < -0.4 is 0 Å². The monoisotopic (exact) mass is 343 g/mol. The SMILES string of the molecule is Cc1ccccc1-c1cc2cnc(Cl)nc2n1C(=O)OC(C)(C)C. The Bertz CT molecular complexity index is 926. The first-order valence-corrected chi connectivity index (χ1v) is 7.97. The highest BCUT2D eigenvalue weighted by molar-refractivity contribution is 6.28. The predicted molar refractivity (Wildman–Crippen MR) is 94.3 cm³/mol. The number of carbonyl (C=O) groups is 1.